The number of halogens is 1. The molecule has 2 rings (SSSR count). The van der Waals surface area contributed by atoms with Crippen molar-refractivity contribution in [3.05, 3.63) is 59.2 Å². The molecule has 0 fully saturated rings. The van der Waals surface area contributed by atoms with Gasteiger partial charge in [0.05, 0.1) is 0 Å². The summed E-state index contributed by atoms with van der Waals surface area (Å²) >= 11 is 0. The molecule has 0 aliphatic carbocycles. The van der Waals surface area contributed by atoms with E-state index < -0.39 is 5.82 Å². The highest BCUT2D eigenvalue weighted by Crippen LogP contribution is 2.11. The highest BCUT2D eigenvalue weighted by atomic mass is 19.1. The first-order valence-electron chi connectivity index (χ1n) is 5.80. The number of pyridine rings is 1. The van der Waals surface area contributed by atoms with Gasteiger partial charge in [0.1, 0.15) is 5.82 Å². The van der Waals surface area contributed by atoms with Crippen LogP contribution in [0.5, 0.6) is 0 Å². The number of benzene rings is 1. The lowest BCUT2D eigenvalue weighted by atomic mass is 10.1. The van der Waals surface area contributed by atoms with Gasteiger partial charge in [-0.1, -0.05) is 0 Å². The van der Waals surface area contributed by atoms with E-state index in [4.69, 9.17) is 5.73 Å². The van der Waals surface area contributed by atoms with E-state index in [2.05, 4.69) is 10.3 Å². The maximum Gasteiger partial charge on any atom is 0.251 e. The van der Waals surface area contributed by atoms with Crippen LogP contribution < -0.4 is 11.1 Å². The Labute approximate surface area is 110 Å². The molecule has 98 valence electrons. The number of nitrogen functional groups attached to an aromatic ring is 1. The summed E-state index contributed by atoms with van der Waals surface area (Å²) in [6.45, 7) is 2.28. The molecule has 2 aromatic rings. The Balaban J connectivity index is 2.08. The Morgan fingerprint density at radius 1 is 1.42 bits per heavy atom. The first-order chi connectivity index (χ1) is 9.06. The quantitative estimate of drug-likeness (QED) is 0.829. The van der Waals surface area contributed by atoms with Gasteiger partial charge in [0.2, 0.25) is 0 Å². The Hall–Kier alpha value is -2.43. The van der Waals surface area contributed by atoms with Crippen molar-refractivity contribution in [2.24, 2.45) is 0 Å². The van der Waals surface area contributed by atoms with Crippen LogP contribution in [-0.4, -0.2) is 10.9 Å². The van der Waals surface area contributed by atoms with E-state index in [0.29, 0.717) is 6.54 Å². The van der Waals surface area contributed by atoms with Crippen molar-refractivity contribution in [3.8, 4) is 0 Å². The lowest BCUT2D eigenvalue weighted by molar-refractivity contribution is 0.0950. The van der Waals surface area contributed by atoms with Crippen LogP contribution in [0.2, 0.25) is 0 Å². The molecule has 0 bridgehead atoms. The molecule has 0 saturated heterocycles. The van der Waals surface area contributed by atoms with Crippen molar-refractivity contribution < 1.29 is 9.18 Å². The summed E-state index contributed by atoms with van der Waals surface area (Å²) in [5.74, 6) is -0.882. The Bertz CT molecular complexity index is 593. The average molecular weight is 259 g/mol. The average Bonchev–Trinajstić information content (AvgIpc) is 2.36. The molecule has 0 spiro atoms. The van der Waals surface area contributed by atoms with E-state index >= 15 is 0 Å². The molecule has 3 N–H and O–H groups in total. The second kappa shape index (κ2) is 5.48. The summed E-state index contributed by atoms with van der Waals surface area (Å²) < 4.78 is 13.1. The third-order valence-corrected chi connectivity index (χ3v) is 2.76. The third kappa shape index (κ3) is 3.28. The molecule has 1 amide bonds. The standard InChI is InChI=1S/C14H14FN3O/c1-9-7-17-3-2-10(9)8-18-14(19)11-4-12(15)6-13(16)5-11/h2-7H,8,16H2,1H3,(H,18,19). The number of anilines is 1. The fourth-order valence-corrected chi connectivity index (χ4v) is 1.72. The van der Waals surface area contributed by atoms with E-state index in [1.165, 1.54) is 12.1 Å². The maximum atomic E-state index is 13.1. The number of carbonyl (C=O) groups excluding carboxylic acids is 1. The van der Waals surface area contributed by atoms with Crippen LogP contribution in [0.25, 0.3) is 0 Å². The second-order valence-electron chi connectivity index (χ2n) is 4.26. The van der Waals surface area contributed by atoms with Crippen molar-refractivity contribution in [3.63, 3.8) is 0 Å². The number of aromatic nitrogens is 1. The van der Waals surface area contributed by atoms with Gasteiger partial charge in [-0.25, -0.2) is 4.39 Å². The molecule has 0 unspecified atom stereocenters. The molecule has 0 atom stereocenters. The monoisotopic (exact) mass is 259 g/mol. The van der Waals surface area contributed by atoms with Crippen LogP contribution in [0.3, 0.4) is 0 Å². The summed E-state index contributed by atoms with van der Waals surface area (Å²) in [5.41, 5.74) is 7.89. The van der Waals surface area contributed by atoms with Crippen molar-refractivity contribution in [1.29, 1.82) is 0 Å². The van der Waals surface area contributed by atoms with E-state index in [9.17, 15) is 9.18 Å². The largest absolute Gasteiger partial charge is 0.399 e. The van der Waals surface area contributed by atoms with Gasteiger partial charge in [0.25, 0.3) is 5.91 Å². The van der Waals surface area contributed by atoms with Gasteiger partial charge in [-0.05, 0) is 42.3 Å². The van der Waals surface area contributed by atoms with Crippen molar-refractivity contribution in [2.75, 3.05) is 5.73 Å². The zero-order chi connectivity index (χ0) is 13.8. The molecule has 5 heteroatoms. The van der Waals surface area contributed by atoms with Gasteiger partial charge in [0.15, 0.2) is 0 Å². The van der Waals surface area contributed by atoms with Crippen molar-refractivity contribution >= 4 is 11.6 Å². The van der Waals surface area contributed by atoms with Crippen LogP contribution in [0.15, 0.2) is 36.7 Å². The van der Waals surface area contributed by atoms with E-state index in [1.54, 1.807) is 12.4 Å². The zero-order valence-electron chi connectivity index (χ0n) is 10.5. The molecule has 4 nitrogen and oxygen atoms in total. The Morgan fingerprint density at radius 2 is 2.21 bits per heavy atom. The first-order valence-corrected chi connectivity index (χ1v) is 5.80. The van der Waals surface area contributed by atoms with Gasteiger partial charge in [-0.2, -0.15) is 0 Å². The Kier molecular flexibility index (Phi) is 3.75. The fraction of sp³-hybridized carbons (Fsp3) is 0.143. The number of hydrogen-bond donors (Lipinski definition) is 2. The van der Waals surface area contributed by atoms with Crippen molar-refractivity contribution in [2.45, 2.75) is 13.5 Å². The Morgan fingerprint density at radius 3 is 2.89 bits per heavy atom. The van der Waals surface area contributed by atoms with Gasteiger partial charge >= 0.3 is 0 Å². The predicted molar refractivity (Wildman–Crippen MR) is 71.0 cm³/mol. The minimum atomic E-state index is -0.523. The molecule has 1 aromatic carbocycles. The number of hydrogen-bond acceptors (Lipinski definition) is 3. The summed E-state index contributed by atoms with van der Waals surface area (Å²) in [7, 11) is 0. The number of nitrogens with one attached hydrogen (secondary N) is 1. The van der Waals surface area contributed by atoms with Crippen LogP contribution in [0, 0.1) is 12.7 Å². The fourth-order valence-electron chi connectivity index (χ4n) is 1.72. The van der Waals surface area contributed by atoms with Crippen LogP contribution in [0.4, 0.5) is 10.1 Å². The van der Waals surface area contributed by atoms with Crippen LogP contribution >= 0.6 is 0 Å². The predicted octanol–water partition coefficient (Wildman–Crippen LogP) is 2.04. The number of nitrogens with zero attached hydrogens (tertiary/aromatic N) is 1. The lowest BCUT2D eigenvalue weighted by Gasteiger charge is -2.08. The molecule has 0 aliphatic rings. The van der Waals surface area contributed by atoms with Gasteiger partial charge in [-0.3, -0.25) is 9.78 Å². The number of rotatable bonds is 3. The first kappa shape index (κ1) is 13.0. The zero-order valence-corrected chi connectivity index (χ0v) is 10.5. The van der Waals surface area contributed by atoms with Gasteiger partial charge in [0, 0.05) is 30.2 Å². The second-order valence-corrected chi connectivity index (χ2v) is 4.26. The molecule has 1 aromatic heterocycles. The van der Waals surface area contributed by atoms with Gasteiger partial charge in [-0.15, -0.1) is 0 Å². The molecule has 0 radical (unpaired) electrons. The third-order valence-electron chi connectivity index (χ3n) is 2.76. The normalized spacial score (nSPS) is 10.2. The lowest BCUT2D eigenvalue weighted by Crippen LogP contribution is -2.23. The number of nitrogens with two attached hydrogens (primary N) is 1. The van der Waals surface area contributed by atoms with E-state index in [-0.39, 0.29) is 17.2 Å². The highest BCUT2D eigenvalue weighted by molar-refractivity contribution is 5.95. The molecule has 1 heterocycles. The summed E-state index contributed by atoms with van der Waals surface area (Å²) in [6, 6.07) is 5.60. The topological polar surface area (TPSA) is 68.0 Å². The van der Waals surface area contributed by atoms with E-state index in [1.807, 2.05) is 13.0 Å². The molecule has 0 saturated carbocycles. The number of aryl methyl sites for hydroxylation is 1. The van der Waals surface area contributed by atoms with Crippen LogP contribution in [0.1, 0.15) is 21.5 Å². The number of carbonyl (C=O) groups is 1. The summed E-state index contributed by atoms with van der Waals surface area (Å²) in [4.78, 5) is 15.9. The van der Waals surface area contributed by atoms with E-state index in [0.717, 1.165) is 17.2 Å². The molecule has 0 aliphatic heterocycles. The van der Waals surface area contributed by atoms with Crippen LogP contribution in [-0.2, 0) is 6.54 Å². The maximum absolute atomic E-state index is 13.1. The summed E-state index contributed by atoms with van der Waals surface area (Å²) in [5, 5.41) is 2.72. The SMILES string of the molecule is Cc1cnccc1CNC(=O)c1cc(N)cc(F)c1. The molecular weight excluding hydrogens is 245 g/mol. The molecule has 19 heavy (non-hydrogen) atoms. The summed E-state index contributed by atoms with van der Waals surface area (Å²) in [6.07, 6.45) is 3.39. The smallest absolute Gasteiger partial charge is 0.251 e. The minimum Gasteiger partial charge on any atom is -0.399 e. The van der Waals surface area contributed by atoms with Gasteiger partial charge < -0.3 is 11.1 Å². The minimum absolute atomic E-state index is 0.212. The number of amides is 1. The highest BCUT2D eigenvalue weighted by Gasteiger charge is 2.08. The van der Waals surface area contributed by atoms with Crippen molar-refractivity contribution in [1.82, 2.24) is 10.3 Å². The molecular formula is C14H14FN3O.